The van der Waals surface area contributed by atoms with E-state index in [4.69, 9.17) is 10.3 Å². The van der Waals surface area contributed by atoms with Gasteiger partial charge in [0.15, 0.2) is 0 Å². The van der Waals surface area contributed by atoms with Crippen LogP contribution < -0.4 is 5.32 Å². The number of nitrogens with zero attached hydrogens (tertiary/aromatic N) is 3. The fraction of sp³-hybridized carbons (Fsp3) is 1.00. The van der Waals surface area contributed by atoms with E-state index in [9.17, 15) is 0 Å². The molecule has 6 heteroatoms. The van der Waals surface area contributed by atoms with E-state index in [1.807, 2.05) is 0 Å². The Kier molecular flexibility index (Phi) is 3.39. The third kappa shape index (κ3) is 2.06. The third-order valence-electron chi connectivity index (χ3n) is 2.66. The molecule has 13 heavy (non-hydrogen) atoms. The highest BCUT2D eigenvalue weighted by molar-refractivity contribution is 5.85. The van der Waals surface area contributed by atoms with Gasteiger partial charge in [-0.15, -0.1) is 12.4 Å². The smallest absolute Gasteiger partial charge is 0.0649 e. The standard InChI is InChI=1S/C7H12N4O.ClH/c8-11-10-6-3-7(9-4-6)1-2-12-5-7;/h6,9H,1-5H2;1H. The lowest BCUT2D eigenvalue weighted by Gasteiger charge is -2.20. The monoisotopic (exact) mass is 204 g/mol. The number of hydrogen-bond acceptors (Lipinski definition) is 3. The molecule has 0 saturated carbocycles. The van der Waals surface area contributed by atoms with Gasteiger partial charge in [0, 0.05) is 23.6 Å². The molecule has 5 nitrogen and oxygen atoms in total. The van der Waals surface area contributed by atoms with Crippen molar-refractivity contribution in [1.29, 1.82) is 0 Å². The van der Waals surface area contributed by atoms with E-state index in [2.05, 4.69) is 15.3 Å². The first-order valence-corrected chi connectivity index (χ1v) is 4.22. The summed E-state index contributed by atoms with van der Waals surface area (Å²) in [6, 6.07) is 0.122. The lowest BCUT2D eigenvalue weighted by molar-refractivity contribution is 0.172. The summed E-state index contributed by atoms with van der Waals surface area (Å²) < 4.78 is 5.31. The van der Waals surface area contributed by atoms with Crippen LogP contribution >= 0.6 is 12.4 Å². The van der Waals surface area contributed by atoms with Crippen molar-refractivity contribution in [2.45, 2.75) is 24.4 Å². The molecule has 0 radical (unpaired) electrons. The van der Waals surface area contributed by atoms with Crippen molar-refractivity contribution in [1.82, 2.24) is 5.32 Å². The largest absolute Gasteiger partial charge is 0.379 e. The molecule has 2 atom stereocenters. The average molecular weight is 205 g/mol. The summed E-state index contributed by atoms with van der Waals surface area (Å²) in [4.78, 5) is 2.82. The van der Waals surface area contributed by atoms with Gasteiger partial charge in [0.25, 0.3) is 0 Å². The molecule has 2 saturated heterocycles. The van der Waals surface area contributed by atoms with Gasteiger partial charge >= 0.3 is 0 Å². The fourth-order valence-electron chi connectivity index (χ4n) is 1.99. The molecule has 2 rings (SSSR count). The normalized spacial score (nSPS) is 37.1. The fourth-order valence-corrected chi connectivity index (χ4v) is 1.99. The Morgan fingerprint density at radius 2 is 2.46 bits per heavy atom. The summed E-state index contributed by atoms with van der Waals surface area (Å²) in [6.07, 6.45) is 1.97. The first kappa shape index (κ1) is 10.6. The Balaban J connectivity index is 0.000000845. The molecule has 0 bridgehead atoms. The zero-order valence-electron chi connectivity index (χ0n) is 7.27. The SMILES string of the molecule is Cl.[N-]=[N+]=NC1CNC2(CCOC2)C1. The van der Waals surface area contributed by atoms with Gasteiger partial charge in [-0.3, -0.25) is 0 Å². The minimum atomic E-state index is 0. The van der Waals surface area contributed by atoms with E-state index in [1.165, 1.54) is 0 Å². The van der Waals surface area contributed by atoms with E-state index in [0.717, 1.165) is 32.6 Å². The number of hydrogen-bond donors (Lipinski definition) is 1. The summed E-state index contributed by atoms with van der Waals surface area (Å²) in [7, 11) is 0. The first-order chi connectivity index (χ1) is 5.85. The second-order valence-corrected chi connectivity index (χ2v) is 3.53. The molecule has 2 aliphatic rings. The van der Waals surface area contributed by atoms with E-state index in [0.29, 0.717) is 0 Å². The van der Waals surface area contributed by atoms with Crippen molar-refractivity contribution in [3.63, 3.8) is 0 Å². The van der Waals surface area contributed by atoms with Crippen molar-refractivity contribution in [3.05, 3.63) is 10.4 Å². The molecule has 2 fully saturated rings. The van der Waals surface area contributed by atoms with Crippen LogP contribution in [0.2, 0.25) is 0 Å². The summed E-state index contributed by atoms with van der Waals surface area (Å²) in [5.41, 5.74) is 8.38. The first-order valence-electron chi connectivity index (χ1n) is 4.22. The van der Waals surface area contributed by atoms with Gasteiger partial charge in [-0.2, -0.15) is 0 Å². The van der Waals surface area contributed by atoms with Crippen molar-refractivity contribution < 1.29 is 4.74 Å². The molecule has 0 aliphatic carbocycles. The second-order valence-electron chi connectivity index (χ2n) is 3.53. The number of rotatable bonds is 1. The summed E-state index contributed by atoms with van der Waals surface area (Å²) in [6.45, 7) is 2.40. The summed E-state index contributed by atoms with van der Waals surface area (Å²) in [5, 5.41) is 7.08. The van der Waals surface area contributed by atoms with Crippen LogP contribution in [0.15, 0.2) is 5.11 Å². The number of azide groups is 1. The molecule has 0 aromatic heterocycles. The van der Waals surface area contributed by atoms with Gasteiger partial charge in [-0.25, -0.2) is 0 Å². The maximum Gasteiger partial charge on any atom is 0.0649 e. The molecule has 0 amide bonds. The lowest BCUT2D eigenvalue weighted by atomic mass is 9.96. The highest BCUT2D eigenvalue weighted by atomic mass is 35.5. The molecular formula is C7H13ClN4O. The lowest BCUT2D eigenvalue weighted by Crippen LogP contribution is -2.39. The van der Waals surface area contributed by atoms with Gasteiger partial charge in [-0.1, -0.05) is 5.11 Å². The van der Waals surface area contributed by atoms with Crippen molar-refractivity contribution in [3.8, 4) is 0 Å². The Morgan fingerprint density at radius 3 is 3.08 bits per heavy atom. The number of ether oxygens (including phenoxy) is 1. The van der Waals surface area contributed by atoms with Crippen LogP contribution in [-0.2, 0) is 4.74 Å². The van der Waals surface area contributed by atoms with E-state index >= 15 is 0 Å². The van der Waals surface area contributed by atoms with Gasteiger partial charge in [0.2, 0.25) is 0 Å². The molecule has 0 aromatic carbocycles. The van der Waals surface area contributed by atoms with Crippen LogP contribution in [0, 0.1) is 0 Å². The van der Waals surface area contributed by atoms with E-state index < -0.39 is 0 Å². The van der Waals surface area contributed by atoms with Gasteiger partial charge < -0.3 is 10.1 Å². The Hall–Kier alpha value is -0.480. The molecule has 2 heterocycles. The van der Waals surface area contributed by atoms with Crippen molar-refractivity contribution in [2.75, 3.05) is 19.8 Å². The predicted octanol–water partition coefficient (Wildman–Crippen LogP) is 1.24. The quantitative estimate of drug-likeness (QED) is 0.397. The summed E-state index contributed by atoms with van der Waals surface area (Å²) in [5.74, 6) is 0. The third-order valence-corrected chi connectivity index (χ3v) is 2.66. The topological polar surface area (TPSA) is 70.0 Å². The maximum atomic E-state index is 8.26. The molecule has 74 valence electrons. The van der Waals surface area contributed by atoms with E-state index in [-0.39, 0.29) is 24.0 Å². The summed E-state index contributed by atoms with van der Waals surface area (Å²) >= 11 is 0. The highest BCUT2D eigenvalue weighted by Gasteiger charge is 2.41. The molecule has 1 spiro atoms. The van der Waals surface area contributed by atoms with Crippen LogP contribution in [0.1, 0.15) is 12.8 Å². The average Bonchev–Trinajstić information content (AvgIpc) is 2.65. The van der Waals surface area contributed by atoms with Crippen LogP contribution in [0.5, 0.6) is 0 Å². The Labute approximate surface area is 82.9 Å². The van der Waals surface area contributed by atoms with Crippen LogP contribution in [0.4, 0.5) is 0 Å². The zero-order chi connectivity index (χ0) is 8.44. The Morgan fingerprint density at radius 1 is 1.62 bits per heavy atom. The van der Waals surface area contributed by atoms with Gasteiger partial charge in [0.1, 0.15) is 0 Å². The second kappa shape index (κ2) is 4.15. The van der Waals surface area contributed by atoms with Crippen molar-refractivity contribution >= 4 is 12.4 Å². The molecule has 1 N–H and O–H groups in total. The Bertz CT molecular complexity index is 223. The minimum Gasteiger partial charge on any atom is -0.379 e. The van der Waals surface area contributed by atoms with Crippen LogP contribution in [-0.4, -0.2) is 31.3 Å². The van der Waals surface area contributed by atoms with Crippen molar-refractivity contribution in [2.24, 2.45) is 5.11 Å². The number of nitrogens with one attached hydrogen (secondary N) is 1. The highest BCUT2D eigenvalue weighted by Crippen LogP contribution is 2.29. The predicted molar refractivity (Wildman–Crippen MR) is 51.0 cm³/mol. The molecule has 2 unspecified atom stereocenters. The molecule has 2 aliphatic heterocycles. The minimum absolute atomic E-state index is 0. The van der Waals surface area contributed by atoms with Gasteiger partial charge in [-0.05, 0) is 18.4 Å². The van der Waals surface area contributed by atoms with E-state index in [1.54, 1.807) is 0 Å². The molecular weight excluding hydrogens is 192 g/mol. The zero-order valence-corrected chi connectivity index (χ0v) is 8.09. The van der Waals surface area contributed by atoms with Crippen LogP contribution in [0.25, 0.3) is 10.4 Å². The van der Waals surface area contributed by atoms with Crippen LogP contribution in [0.3, 0.4) is 0 Å². The molecule has 0 aromatic rings. The number of halogens is 1. The van der Waals surface area contributed by atoms with Gasteiger partial charge in [0.05, 0.1) is 12.6 Å². The maximum absolute atomic E-state index is 8.26.